The van der Waals surface area contributed by atoms with Crippen LogP contribution in [0.4, 0.5) is 8.78 Å². The van der Waals surface area contributed by atoms with Crippen molar-refractivity contribution in [2.75, 3.05) is 6.54 Å². The maximum absolute atomic E-state index is 12.7. The topological polar surface area (TPSA) is 29.1 Å². The minimum atomic E-state index is -2.54. The Hall–Kier alpha value is -0.670. The Balaban J connectivity index is 2.08. The summed E-state index contributed by atoms with van der Waals surface area (Å²) < 4.78 is 25.4. The number of alkyl halides is 2. The van der Waals surface area contributed by atoms with Gasteiger partial charge >= 0.3 is 0 Å². The number of halogens is 2. The molecule has 62 valence electrons. The summed E-state index contributed by atoms with van der Waals surface area (Å²) in [5.74, 6) is -3.96. The van der Waals surface area contributed by atoms with E-state index in [4.69, 9.17) is 0 Å². The zero-order chi connectivity index (χ0) is 8.06. The Morgan fingerprint density at radius 1 is 1.45 bits per heavy atom. The number of hydrogen-bond donors (Lipinski definition) is 1. The Bertz CT molecular complexity index is 205. The third kappa shape index (κ3) is 0.921. The van der Waals surface area contributed by atoms with E-state index in [1.54, 1.807) is 0 Å². The van der Waals surface area contributed by atoms with Gasteiger partial charge in [-0.1, -0.05) is 0 Å². The summed E-state index contributed by atoms with van der Waals surface area (Å²) in [4.78, 5) is 10.8. The van der Waals surface area contributed by atoms with Crippen LogP contribution in [0.15, 0.2) is 0 Å². The van der Waals surface area contributed by atoms with Crippen molar-refractivity contribution >= 4 is 5.91 Å². The third-order valence-corrected chi connectivity index (χ3v) is 2.55. The smallest absolute Gasteiger partial charge is 0.255 e. The predicted octanol–water partition coefficient (Wildman–Crippen LogP) is 0.778. The number of carbonyl (C=O) groups excluding carboxylic acids is 1. The molecule has 2 nitrogen and oxygen atoms in total. The third-order valence-electron chi connectivity index (χ3n) is 2.55. The number of carbonyl (C=O) groups is 1. The largest absolute Gasteiger partial charge is 0.356 e. The van der Waals surface area contributed by atoms with Crippen LogP contribution in [0, 0.1) is 11.8 Å². The Morgan fingerprint density at radius 3 is 2.91 bits per heavy atom. The van der Waals surface area contributed by atoms with Crippen LogP contribution in [0.1, 0.15) is 12.8 Å². The first-order valence-corrected chi connectivity index (χ1v) is 3.77. The molecule has 2 fully saturated rings. The summed E-state index contributed by atoms with van der Waals surface area (Å²) in [6.07, 6.45) is 0.446. The van der Waals surface area contributed by atoms with Gasteiger partial charge in [0.15, 0.2) is 0 Å². The SMILES string of the molecule is O=C1CC2C(CCN1)C2(F)F. The number of nitrogens with one attached hydrogen (secondary N) is 1. The van der Waals surface area contributed by atoms with Gasteiger partial charge in [-0.25, -0.2) is 8.78 Å². The second-order valence-corrected chi connectivity index (χ2v) is 3.23. The molecule has 0 aromatic carbocycles. The molecule has 4 heteroatoms. The highest BCUT2D eigenvalue weighted by Crippen LogP contribution is 2.59. The Kier molecular flexibility index (Phi) is 1.23. The molecule has 0 aromatic rings. The van der Waals surface area contributed by atoms with Crippen LogP contribution >= 0.6 is 0 Å². The normalized spacial score (nSPS) is 40.4. The van der Waals surface area contributed by atoms with E-state index in [9.17, 15) is 13.6 Å². The number of hydrogen-bond acceptors (Lipinski definition) is 1. The zero-order valence-electron chi connectivity index (χ0n) is 5.94. The fourth-order valence-electron chi connectivity index (χ4n) is 1.77. The molecule has 0 spiro atoms. The van der Waals surface area contributed by atoms with Crippen LogP contribution in [0.3, 0.4) is 0 Å². The van der Waals surface area contributed by atoms with Gasteiger partial charge in [-0.05, 0) is 6.42 Å². The van der Waals surface area contributed by atoms with Gasteiger partial charge in [0, 0.05) is 24.8 Å². The fraction of sp³-hybridized carbons (Fsp3) is 0.857. The van der Waals surface area contributed by atoms with Gasteiger partial charge in [0.1, 0.15) is 0 Å². The van der Waals surface area contributed by atoms with Crippen molar-refractivity contribution in [1.82, 2.24) is 5.32 Å². The van der Waals surface area contributed by atoms with Crippen molar-refractivity contribution in [1.29, 1.82) is 0 Å². The molecule has 1 heterocycles. The van der Waals surface area contributed by atoms with E-state index in [0.29, 0.717) is 13.0 Å². The highest BCUT2D eigenvalue weighted by atomic mass is 19.3. The van der Waals surface area contributed by atoms with E-state index in [1.807, 2.05) is 0 Å². The van der Waals surface area contributed by atoms with Crippen LogP contribution in [0.5, 0.6) is 0 Å². The molecule has 1 saturated heterocycles. The second kappa shape index (κ2) is 1.93. The number of fused-ring (bicyclic) bond motifs is 1. The van der Waals surface area contributed by atoms with Crippen molar-refractivity contribution in [3.05, 3.63) is 0 Å². The molecule has 1 N–H and O–H groups in total. The molecular formula is C7H9F2NO. The molecule has 1 aliphatic carbocycles. The van der Waals surface area contributed by atoms with Crippen LogP contribution in [-0.4, -0.2) is 18.4 Å². The zero-order valence-corrected chi connectivity index (χ0v) is 5.94. The molecule has 0 bridgehead atoms. The second-order valence-electron chi connectivity index (χ2n) is 3.23. The first kappa shape index (κ1) is 7.00. The molecule has 11 heavy (non-hydrogen) atoms. The molecule has 2 aliphatic rings. The van der Waals surface area contributed by atoms with Crippen molar-refractivity contribution in [3.8, 4) is 0 Å². The van der Waals surface area contributed by atoms with Gasteiger partial charge in [-0.2, -0.15) is 0 Å². The summed E-state index contributed by atoms with van der Waals surface area (Å²) in [6.45, 7) is 0.412. The lowest BCUT2D eigenvalue weighted by atomic mass is 10.2. The first-order chi connectivity index (χ1) is 5.12. The van der Waals surface area contributed by atoms with Gasteiger partial charge in [0.05, 0.1) is 0 Å². The highest BCUT2D eigenvalue weighted by Gasteiger charge is 2.68. The predicted molar refractivity (Wildman–Crippen MR) is 34.2 cm³/mol. The lowest BCUT2D eigenvalue weighted by Crippen LogP contribution is -2.24. The van der Waals surface area contributed by atoms with Gasteiger partial charge in [-0.3, -0.25) is 4.79 Å². The van der Waals surface area contributed by atoms with E-state index >= 15 is 0 Å². The summed E-state index contributed by atoms with van der Waals surface area (Å²) >= 11 is 0. The van der Waals surface area contributed by atoms with Crippen LogP contribution in [0.2, 0.25) is 0 Å². The van der Waals surface area contributed by atoms with Gasteiger partial charge in [0.2, 0.25) is 5.91 Å². The van der Waals surface area contributed by atoms with Crippen LogP contribution in [0.25, 0.3) is 0 Å². The molecule has 2 rings (SSSR count). The average Bonchev–Trinajstić information content (AvgIpc) is 2.48. The number of amides is 1. The van der Waals surface area contributed by atoms with Crippen molar-refractivity contribution < 1.29 is 13.6 Å². The molecule has 1 aliphatic heterocycles. The van der Waals surface area contributed by atoms with Gasteiger partial charge < -0.3 is 5.32 Å². The summed E-state index contributed by atoms with van der Waals surface area (Å²) in [5.41, 5.74) is 0. The van der Waals surface area contributed by atoms with Gasteiger partial charge in [0.25, 0.3) is 5.92 Å². The fourth-order valence-corrected chi connectivity index (χ4v) is 1.77. The summed E-state index contributed by atoms with van der Waals surface area (Å²) in [7, 11) is 0. The maximum atomic E-state index is 12.7. The average molecular weight is 161 g/mol. The Labute approximate surface area is 63.0 Å². The molecule has 1 saturated carbocycles. The van der Waals surface area contributed by atoms with Gasteiger partial charge in [-0.15, -0.1) is 0 Å². The standard InChI is InChI=1S/C7H9F2NO/c8-7(9)4-1-2-10-6(11)3-5(4)7/h4-5H,1-3H2,(H,10,11). The first-order valence-electron chi connectivity index (χ1n) is 3.77. The summed E-state index contributed by atoms with van der Waals surface area (Å²) in [6, 6.07) is 0. The van der Waals surface area contributed by atoms with Crippen LogP contribution in [-0.2, 0) is 4.79 Å². The van der Waals surface area contributed by atoms with E-state index in [2.05, 4.69) is 5.32 Å². The minimum Gasteiger partial charge on any atom is -0.356 e. The Morgan fingerprint density at radius 2 is 2.18 bits per heavy atom. The number of rotatable bonds is 0. The monoisotopic (exact) mass is 161 g/mol. The molecule has 2 atom stereocenters. The lowest BCUT2D eigenvalue weighted by Gasteiger charge is -2.02. The van der Waals surface area contributed by atoms with Crippen LogP contribution < -0.4 is 5.32 Å². The van der Waals surface area contributed by atoms with E-state index in [1.165, 1.54) is 0 Å². The maximum Gasteiger partial charge on any atom is 0.255 e. The highest BCUT2D eigenvalue weighted by molar-refractivity contribution is 5.77. The molecule has 2 unspecified atom stereocenters. The van der Waals surface area contributed by atoms with E-state index in [0.717, 1.165) is 0 Å². The van der Waals surface area contributed by atoms with E-state index in [-0.39, 0.29) is 12.3 Å². The quantitative estimate of drug-likeness (QED) is 0.558. The lowest BCUT2D eigenvalue weighted by molar-refractivity contribution is -0.121. The molecular weight excluding hydrogens is 152 g/mol. The molecule has 0 radical (unpaired) electrons. The van der Waals surface area contributed by atoms with Crippen molar-refractivity contribution in [3.63, 3.8) is 0 Å². The van der Waals surface area contributed by atoms with Crippen molar-refractivity contribution in [2.45, 2.75) is 18.8 Å². The van der Waals surface area contributed by atoms with E-state index < -0.39 is 17.8 Å². The minimum absolute atomic E-state index is 0.0116. The summed E-state index contributed by atoms with van der Waals surface area (Å²) in [5, 5.41) is 2.57. The van der Waals surface area contributed by atoms with Crippen molar-refractivity contribution in [2.24, 2.45) is 11.8 Å². The molecule has 1 amide bonds. The molecule has 0 aromatic heterocycles.